The van der Waals surface area contributed by atoms with Crippen LogP contribution in [-0.4, -0.2) is 40.9 Å². The molecule has 0 aliphatic carbocycles. The normalized spacial score (nSPS) is 18.8. The van der Waals surface area contributed by atoms with Crippen LogP contribution < -0.4 is 10.6 Å². The molecule has 4 rings (SSSR count). The van der Waals surface area contributed by atoms with E-state index < -0.39 is 11.6 Å². The zero-order valence-corrected chi connectivity index (χ0v) is 15.4. The third-order valence-electron chi connectivity index (χ3n) is 5.68. The molecule has 0 aromatic carbocycles. The van der Waals surface area contributed by atoms with Crippen LogP contribution in [0.2, 0.25) is 0 Å². The largest absolute Gasteiger partial charge is 0.385 e. The third kappa shape index (κ3) is 3.17. The van der Waals surface area contributed by atoms with Gasteiger partial charge in [-0.05, 0) is 37.0 Å². The number of amides is 2. The Morgan fingerprint density at radius 2 is 2.07 bits per heavy atom. The Morgan fingerprint density at radius 1 is 1.30 bits per heavy atom. The van der Waals surface area contributed by atoms with Gasteiger partial charge in [0.15, 0.2) is 0 Å². The van der Waals surface area contributed by atoms with Gasteiger partial charge in [0.2, 0.25) is 0 Å². The molecule has 4 heterocycles. The molecule has 2 aromatic heterocycles. The summed E-state index contributed by atoms with van der Waals surface area (Å²) in [4.78, 5) is 22.1. The van der Waals surface area contributed by atoms with Gasteiger partial charge in [-0.15, -0.1) is 0 Å². The van der Waals surface area contributed by atoms with E-state index in [-0.39, 0.29) is 0 Å². The SMILES string of the molecule is Cc1c(-c2cncc(C3(O)CCOCC3)c2)cnc2c1CCCN2C(N)=O. The minimum absolute atomic E-state index is 0.471. The van der Waals surface area contributed by atoms with Crippen LogP contribution in [0.25, 0.3) is 11.1 Å². The lowest BCUT2D eigenvalue weighted by atomic mass is 9.86. The fraction of sp³-hybridized carbons (Fsp3) is 0.450. The summed E-state index contributed by atoms with van der Waals surface area (Å²) in [6.07, 6.45) is 8.13. The Kier molecular flexibility index (Phi) is 4.57. The van der Waals surface area contributed by atoms with Crippen LogP contribution in [0, 0.1) is 6.92 Å². The van der Waals surface area contributed by atoms with Crippen LogP contribution in [0.4, 0.5) is 10.6 Å². The molecule has 2 aliphatic heterocycles. The number of urea groups is 1. The van der Waals surface area contributed by atoms with Crippen molar-refractivity contribution >= 4 is 11.8 Å². The first-order valence-corrected chi connectivity index (χ1v) is 9.31. The lowest BCUT2D eigenvalue weighted by molar-refractivity contribution is -0.0680. The molecule has 142 valence electrons. The molecule has 0 spiro atoms. The second kappa shape index (κ2) is 6.90. The van der Waals surface area contributed by atoms with Crippen molar-refractivity contribution in [2.45, 2.75) is 38.2 Å². The standard InChI is InChI=1S/C20H24N4O3/c1-13-16-3-2-6-24(19(21)25)18(16)23-12-17(13)14-9-15(11-22-10-14)20(26)4-7-27-8-5-20/h9-12,26H,2-8H2,1H3,(H2,21,25). The lowest BCUT2D eigenvalue weighted by Crippen LogP contribution is -2.40. The number of primary amides is 1. The molecular formula is C20H24N4O3. The molecule has 0 atom stereocenters. The number of carbonyl (C=O) groups excluding carboxylic acids is 1. The number of pyridine rings is 2. The number of aromatic nitrogens is 2. The number of aliphatic hydroxyl groups is 1. The van der Waals surface area contributed by atoms with Crippen LogP contribution >= 0.6 is 0 Å². The maximum absolute atomic E-state index is 11.7. The second-order valence-electron chi connectivity index (χ2n) is 7.30. The van der Waals surface area contributed by atoms with Crippen LogP contribution in [0.15, 0.2) is 24.7 Å². The van der Waals surface area contributed by atoms with Gasteiger partial charge in [-0.25, -0.2) is 9.78 Å². The van der Waals surface area contributed by atoms with Gasteiger partial charge in [-0.1, -0.05) is 0 Å². The molecule has 2 amide bonds. The number of fused-ring (bicyclic) bond motifs is 1. The fourth-order valence-corrected chi connectivity index (χ4v) is 4.03. The number of hydrogen-bond acceptors (Lipinski definition) is 5. The molecule has 2 aliphatic rings. The fourth-order valence-electron chi connectivity index (χ4n) is 4.03. The minimum Gasteiger partial charge on any atom is -0.385 e. The Bertz CT molecular complexity index is 878. The van der Waals surface area contributed by atoms with E-state index in [4.69, 9.17) is 10.5 Å². The molecule has 7 heteroatoms. The second-order valence-corrected chi connectivity index (χ2v) is 7.30. The molecule has 7 nitrogen and oxygen atoms in total. The van der Waals surface area contributed by atoms with Gasteiger partial charge in [0.25, 0.3) is 0 Å². The lowest BCUT2D eigenvalue weighted by Gasteiger charge is -2.32. The molecule has 0 bridgehead atoms. The van der Waals surface area contributed by atoms with Crippen molar-refractivity contribution in [3.05, 3.63) is 41.3 Å². The molecule has 2 aromatic rings. The molecule has 0 unspecified atom stereocenters. The summed E-state index contributed by atoms with van der Waals surface area (Å²) in [5.41, 5.74) is 9.40. The number of hydrogen-bond donors (Lipinski definition) is 2. The Hall–Kier alpha value is -2.51. The molecule has 1 fully saturated rings. The number of rotatable bonds is 2. The number of nitrogens with zero attached hydrogens (tertiary/aromatic N) is 3. The zero-order chi connectivity index (χ0) is 19.0. The number of carbonyl (C=O) groups is 1. The average molecular weight is 368 g/mol. The van der Waals surface area contributed by atoms with Gasteiger partial charge < -0.3 is 15.6 Å². The van der Waals surface area contributed by atoms with E-state index >= 15 is 0 Å². The van der Waals surface area contributed by atoms with Crippen molar-refractivity contribution < 1.29 is 14.6 Å². The summed E-state index contributed by atoms with van der Waals surface area (Å²) < 4.78 is 5.38. The minimum atomic E-state index is -0.903. The molecular weight excluding hydrogens is 344 g/mol. The Balaban J connectivity index is 1.74. The topological polar surface area (TPSA) is 102 Å². The van der Waals surface area contributed by atoms with E-state index in [9.17, 15) is 9.90 Å². The highest BCUT2D eigenvalue weighted by atomic mass is 16.5. The van der Waals surface area contributed by atoms with Gasteiger partial charge in [-0.3, -0.25) is 9.88 Å². The summed E-state index contributed by atoms with van der Waals surface area (Å²) in [6, 6.07) is 1.52. The molecule has 27 heavy (non-hydrogen) atoms. The molecule has 1 saturated heterocycles. The van der Waals surface area contributed by atoms with Crippen molar-refractivity contribution in [1.29, 1.82) is 0 Å². The molecule has 3 N–H and O–H groups in total. The van der Waals surface area contributed by atoms with Crippen LogP contribution in [0.3, 0.4) is 0 Å². The van der Waals surface area contributed by atoms with Crippen molar-refractivity contribution in [3.8, 4) is 11.1 Å². The molecule has 0 radical (unpaired) electrons. The summed E-state index contributed by atoms with van der Waals surface area (Å²) in [5.74, 6) is 0.655. The Labute approximate surface area is 158 Å². The Morgan fingerprint density at radius 3 is 2.81 bits per heavy atom. The van der Waals surface area contributed by atoms with E-state index in [0.717, 1.165) is 40.7 Å². The first-order chi connectivity index (χ1) is 13.0. The maximum atomic E-state index is 11.7. The summed E-state index contributed by atoms with van der Waals surface area (Å²) in [6.45, 7) is 3.72. The van der Waals surface area contributed by atoms with Gasteiger partial charge in [0.05, 0.1) is 5.60 Å². The van der Waals surface area contributed by atoms with E-state index in [1.54, 1.807) is 18.6 Å². The first kappa shape index (κ1) is 17.9. The van der Waals surface area contributed by atoms with Gasteiger partial charge in [-0.2, -0.15) is 0 Å². The van der Waals surface area contributed by atoms with E-state index in [1.165, 1.54) is 4.90 Å². The maximum Gasteiger partial charge on any atom is 0.320 e. The van der Waals surface area contributed by atoms with E-state index in [2.05, 4.69) is 9.97 Å². The van der Waals surface area contributed by atoms with E-state index in [0.29, 0.717) is 38.4 Å². The predicted octanol–water partition coefficient (Wildman–Crippen LogP) is 2.28. The van der Waals surface area contributed by atoms with Gasteiger partial charge >= 0.3 is 6.03 Å². The molecule has 0 saturated carbocycles. The number of nitrogens with two attached hydrogens (primary N) is 1. The van der Waals surface area contributed by atoms with Gasteiger partial charge in [0, 0.05) is 67.9 Å². The van der Waals surface area contributed by atoms with Crippen LogP contribution in [-0.2, 0) is 16.8 Å². The van der Waals surface area contributed by atoms with E-state index in [1.807, 2.05) is 13.0 Å². The first-order valence-electron chi connectivity index (χ1n) is 9.31. The number of ether oxygens (including phenoxy) is 1. The van der Waals surface area contributed by atoms with Crippen molar-refractivity contribution in [3.63, 3.8) is 0 Å². The monoisotopic (exact) mass is 368 g/mol. The highest BCUT2D eigenvalue weighted by Gasteiger charge is 2.32. The zero-order valence-electron chi connectivity index (χ0n) is 15.4. The van der Waals surface area contributed by atoms with Crippen molar-refractivity contribution in [1.82, 2.24) is 9.97 Å². The average Bonchev–Trinajstić information content (AvgIpc) is 2.68. The highest BCUT2D eigenvalue weighted by molar-refractivity contribution is 5.91. The van der Waals surface area contributed by atoms with Crippen LogP contribution in [0.5, 0.6) is 0 Å². The van der Waals surface area contributed by atoms with Crippen molar-refractivity contribution in [2.75, 3.05) is 24.7 Å². The quantitative estimate of drug-likeness (QED) is 0.847. The summed E-state index contributed by atoms with van der Waals surface area (Å²) in [7, 11) is 0. The van der Waals surface area contributed by atoms with Crippen LogP contribution in [0.1, 0.15) is 36.0 Å². The smallest absolute Gasteiger partial charge is 0.320 e. The summed E-state index contributed by atoms with van der Waals surface area (Å²) in [5, 5.41) is 11.0. The number of anilines is 1. The van der Waals surface area contributed by atoms with Gasteiger partial charge in [0.1, 0.15) is 5.82 Å². The summed E-state index contributed by atoms with van der Waals surface area (Å²) >= 11 is 0. The third-order valence-corrected chi connectivity index (χ3v) is 5.68. The predicted molar refractivity (Wildman–Crippen MR) is 101 cm³/mol. The van der Waals surface area contributed by atoms with Crippen molar-refractivity contribution in [2.24, 2.45) is 5.73 Å². The highest BCUT2D eigenvalue weighted by Crippen LogP contribution is 2.36.